The molecular formula is C60H44N2. The van der Waals surface area contributed by atoms with E-state index < -0.39 is 5.41 Å². The smallest absolute Gasteiger partial charge is 0.0710 e. The maximum Gasteiger partial charge on any atom is 0.0710 e. The van der Waals surface area contributed by atoms with Gasteiger partial charge in [-0.25, -0.2) is 0 Å². The maximum atomic E-state index is 2.50. The van der Waals surface area contributed by atoms with Crippen molar-refractivity contribution in [2.24, 2.45) is 5.92 Å². The van der Waals surface area contributed by atoms with Gasteiger partial charge in [0.25, 0.3) is 0 Å². The predicted molar refractivity (Wildman–Crippen MR) is 261 cm³/mol. The Morgan fingerprint density at radius 3 is 1.92 bits per heavy atom. The van der Waals surface area contributed by atoms with Gasteiger partial charge in [-0.3, -0.25) is 0 Å². The van der Waals surface area contributed by atoms with Crippen LogP contribution in [0, 0.1) is 5.92 Å². The fourth-order valence-electron chi connectivity index (χ4n) is 10.6. The molecule has 0 fully saturated rings. The Hall–Kier alpha value is -7.68. The number of rotatable bonds is 7. The Labute approximate surface area is 363 Å². The Morgan fingerprint density at radius 1 is 0.484 bits per heavy atom. The molecule has 9 aromatic carbocycles. The third-order valence-electron chi connectivity index (χ3n) is 13.4. The van der Waals surface area contributed by atoms with Crippen molar-refractivity contribution >= 4 is 49.6 Å². The largest absolute Gasteiger partial charge is 0.310 e. The molecule has 0 bridgehead atoms. The van der Waals surface area contributed by atoms with Crippen molar-refractivity contribution < 1.29 is 0 Å². The molecular weight excluding hydrogens is 749 g/mol. The summed E-state index contributed by atoms with van der Waals surface area (Å²) in [4.78, 5) is 2.43. The Kier molecular flexibility index (Phi) is 8.47. The number of benzene rings is 9. The molecule has 62 heavy (non-hydrogen) atoms. The number of allylic oxidation sites excluding steroid dienone is 4. The summed E-state index contributed by atoms with van der Waals surface area (Å²) in [6.45, 7) is 2.31. The molecule has 0 N–H and O–H groups in total. The van der Waals surface area contributed by atoms with Crippen LogP contribution in [0.15, 0.2) is 236 Å². The van der Waals surface area contributed by atoms with Gasteiger partial charge in [0.2, 0.25) is 0 Å². The number of nitrogens with zero attached hydrogens (tertiary/aromatic N) is 2. The lowest BCUT2D eigenvalue weighted by molar-refractivity contribution is 0.691. The molecule has 0 spiro atoms. The van der Waals surface area contributed by atoms with Crippen LogP contribution in [0.3, 0.4) is 0 Å². The number of hydrogen-bond donors (Lipinski definition) is 0. The van der Waals surface area contributed by atoms with Crippen LogP contribution >= 0.6 is 0 Å². The molecule has 2 unspecified atom stereocenters. The standard InChI is InChI=1S/C60H44N2/c1-41-29-32-44(33-30-41)60(43-17-5-2-6-18-43)55-27-15-13-24-50(55)51-35-31-42(39-56(51)60)48-37-38-58(52-25-12-11-23-49(48)52)61(45-19-7-3-8-20-45)47-34-36-54-53-26-14-16-28-57(53)62(59(54)40-47)46-21-9-4-10-22-46/h2-29,31-41H,30H2,1H3. The van der Waals surface area contributed by atoms with Gasteiger partial charge in [0.15, 0.2) is 0 Å². The predicted octanol–water partition coefficient (Wildman–Crippen LogP) is 15.9. The number of aromatic nitrogens is 1. The lowest BCUT2D eigenvalue weighted by Gasteiger charge is -2.36. The topological polar surface area (TPSA) is 8.17 Å². The van der Waals surface area contributed by atoms with E-state index in [1.54, 1.807) is 0 Å². The van der Waals surface area contributed by atoms with E-state index in [0.29, 0.717) is 5.92 Å². The second-order valence-corrected chi connectivity index (χ2v) is 16.9. The highest BCUT2D eigenvalue weighted by Gasteiger charge is 2.47. The first-order chi connectivity index (χ1) is 30.7. The zero-order valence-corrected chi connectivity index (χ0v) is 34.6. The van der Waals surface area contributed by atoms with E-state index in [-0.39, 0.29) is 0 Å². The maximum absolute atomic E-state index is 2.50. The fraction of sp³-hybridized carbons (Fsp3) is 0.0667. The van der Waals surface area contributed by atoms with Crippen LogP contribution in [-0.2, 0) is 5.41 Å². The van der Waals surface area contributed by atoms with Gasteiger partial charge in [0, 0.05) is 33.2 Å². The average molecular weight is 793 g/mol. The highest BCUT2D eigenvalue weighted by Crippen LogP contribution is 2.58. The van der Waals surface area contributed by atoms with Crippen LogP contribution in [0.1, 0.15) is 30.0 Å². The average Bonchev–Trinajstić information content (AvgIpc) is 3.83. The molecule has 12 rings (SSSR count). The molecule has 0 saturated heterocycles. The van der Waals surface area contributed by atoms with Gasteiger partial charge >= 0.3 is 0 Å². The van der Waals surface area contributed by atoms with Gasteiger partial charge in [0.05, 0.1) is 22.1 Å². The lowest BCUT2D eigenvalue weighted by atomic mass is 9.65. The number of fused-ring (bicyclic) bond motifs is 7. The van der Waals surface area contributed by atoms with E-state index in [1.807, 2.05) is 0 Å². The van der Waals surface area contributed by atoms with Gasteiger partial charge in [0.1, 0.15) is 0 Å². The molecule has 10 aromatic rings. The molecule has 294 valence electrons. The molecule has 0 radical (unpaired) electrons. The number of para-hydroxylation sites is 3. The van der Waals surface area contributed by atoms with Gasteiger partial charge in [-0.1, -0.05) is 183 Å². The van der Waals surface area contributed by atoms with Crippen molar-refractivity contribution in [1.29, 1.82) is 0 Å². The van der Waals surface area contributed by atoms with E-state index in [9.17, 15) is 0 Å². The second kappa shape index (κ2) is 14.5. The van der Waals surface area contributed by atoms with E-state index in [4.69, 9.17) is 0 Å². The Balaban J connectivity index is 1.06. The first-order valence-corrected chi connectivity index (χ1v) is 21.8. The lowest BCUT2D eigenvalue weighted by Crippen LogP contribution is -2.30. The number of anilines is 3. The van der Waals surface area contributed by atoms with Crippen molar-refractivity contribution in [1.82, 2.24) is 4.57 Å². The van der Waals surface area contributed by atoms with Crippen molar-refractivity contribution in [2.45, 2.75) is 18.8 Å². The summed E-state index contributed by atoms with van der Waals surface area (Å²) in [5.74, 6) is 0.519. The quantitative estimate of drug-likeness (QED) is 0.156. The molecule has 0 amide bonds. The fourth-order valence-corrected chi connectivity index (χ4v) is 10.6. The molecule has 1 aromatic heterocycles. The van der Waals surface area contributed by atoms with Gasteiger partial charge in [-0.15, -0.1) is 0 Å². The molecule has 2 nitrogen and oxygen atoms in total. The summed E-state index contributed by atoms with van der Waals surface area (Å²) < 4.78 is 2.40. The van der Waals surface area contributed by atoms with Crippen molar-refractivity contribution in [3.63, 3.8) is 0 Å². The number of hydrogen-bond acceptors (Lipinski definition) is 1. The van der Waals surface area contributed by atoms with Crippen LogP contribution in [0.4, 0.5) is 17.1 Å². The monoisotopic (exact) mass is 792 g/mol. The minimum Gasteiger partial charge on any atom is -0.310 e. The van der Waals surface area contributed by atoms with Gasteiger partial charge in [-0.2, -0.15) is 0 Å². The summed E-state index contributed by atoms with van der Waals surface area (Å²) >= 11 is 0. The Morgan fingerprint density at radius 2 is 1.13 bits per heavy atom. The third kappa shape index (κ3) is 5.50. The molecule has 0 saturated carbocycles. The summed E-state index contributed by atoms with van der Waals surface area (Å²) in [6.07, 6.45) is 8.32. The zero-order valence-electron chi connectivity index (χ0n) is 34.6. The van der Waals surface area contributed by atoms with Crippen molar-refractivity contribution in [2.75, 3.05) is 4.90 Å². The highest BCUT2D eigenvalue weighted by atomic mass is 15.1. The minimum atomic E-state index is -0.430. The van der Waals surface area contributed by atoms with E-state index in [2.05, 4.69) is 247 Å². The zero-order chi connectivity index (χ0) is 41.2. The van der Waals surface area contributed by atoms with E-state index >= 15 is 0 Å². The molecule has 2 heteroatoms. The minimum absolute atomic E-state index is 0.430. The highest BCUT2D eigenvalue weighted by molar-refractivity contribution is 6.11. The first kappa shape index (κ1) is 36.2. The summed E-state index contributed by atoms with van der Waals surface area (Å²) in [7, 11) is 0. The normalized spacial score (nSPS) is 16.7. The second-order valence-electron chi connectivity index (χ2n) is 16.9. The van der Waals surface area contributed by atoms with Crippen LogP contribution in [0.2, 0.25) is 0 Å². The van der Waals surface area contributed by atoms with E-state index in [1.165, 1.54) is 77.1 Å². The SMILES string of the molecule is CC1C=CC(C2(c3ccccc3)c3ccccc3-c3ccc(-c4ccc(N(c5ccccc5)c5ccc6c7ccccc7n(-c7ccccc7)c6c5)c5ccccc45)cc32)=CC1. The van der Waals surface area contributed by atoms with Crippen LogP contribution in [0.5, 0.6) is 0 Å². The molecule has 2 aliphatic rings. The summed E-state index contributed by atoms with van der Waals surface area (Å²) in [5, 5.41) is 4.90. The van der Waals surface area contributed by atoms with Crippen LogP contribution < -0.4 is 4.90 Å². The van der Waals surface area contributed by atoms with Crippen molar-refractivity contribution in [3.05, 3.63) is 253 Å². The molecule has 2 aliphatic carbocycles. The van der Waals surface area contributed by atoms with Gasteiger partial charge < -0.3 is 9.47 Å². The third-order valence-corrected chi connectivity index (χ3v) is 13.4. The molecule has 2 atom stereocenters. The summed E-state index contributed by atoms with van der Waals surface area (Å²) in [6, 6.07) is 78.3. The molecule has 0 aliphatic heterocycles. The van der Waals surface area contributed by atoms with Crippen LogP contribution in [0.25, 0.3) is 60.5 Å². The van der Waals surface area contributed by atoms with Gasteiger partial charge in [-0.05, 0) is 117 Å². The van der Waals surface area contributed by atoms with E-state index in [0.717, 1.165) is 29.2 Å². The van der Waals surface area contributed by atoms with Crippen molar-refractivity contribution in [3.8, 4) is 27.9 Å². The molecule has 1 heterocycles. The van der Waals surface area contributed by atoms with Crippen LogP contribution in [-0.4, -0.2) is 4.57 Å². The summed E-state index contributed by atoms with van der Waals surface area (Å²) in [5.41, 5.74) is 16.9. The first-order valence-electron chi connectivity index (χ1n) is 21.8. The Bertz CT molecular complexity index is 3390.